The molecule has 2 amide bonds. The Hall–Kier alpha value is -3.68. The molecule has 30 heavy (non-hydrogen) atoms. The Bertz CT molecular complexity index is 976. The van der Waals surface area contributed by atoms with Crippen LogP contribution in [0.3, 0.4) is 0 Å². The van der Waals surface area contributed by atoms with Crippen LogP contribution in [0.25, 0.3) is 0 Å². The Labute approximate surface area is 175 Å². The Morgan fingerprint density at radius 3 is 2.37 bits per heavy atom. The smallest absolute Gasteiger partial charge is 0.265 e. The van der Waals surface area contributed by atoms with E-state index in [9.17, 15) is 9.59 Å². The first-order valence-corrected chi connectivity index (χ1v) is 9.21. The Balaban J connectivity index is 1.90. The topological polar surface area (TPSA) is 86.3 Å². The normalized spacial score (nSPS) is 12.5. The number of rotatable bonds is 7. The number of hydrogen-bond acceptors (Lipinski definition) is 6. The molecule has 1 aliphatic rings. The average Bonchev–Trinajstić information content (AvgIpc) is 2.74. The number of amides is 2. The third kappa shape index (κ3) is 4.17. The molecule has 1 aliphatic heterocycles. The van der Waals surface area contributed by atoms with Crippen molar-refractivity contribution >= 4 is 23.2 Å². The first kappa shape index (κ1) is 21.0. The summed E-state index contributed by atoms with van der Waals surface area (Å²) < 4.78 is 21.4. The van der Waals surface area contributed by atoms with Gasteiger partial charge in [-0.05, 0) is 37.3 Å². The Kier molecular flexibility index (Phi) is 6.15. The molecule has 158 valence electrons. The summed E-state index contributed by atoms with van der Waals surface area (Å²) in [4.78, 5) is 26.7. The molecule has 0 unspecified atom stereocenters. The Morgan fingerprint density at radius 1 is 1.13 bits per heavy atom. The van der Waals surface area contributed by atoms with Gasteiger partial charge in [-0.3, -0.25) is 9.59 Å². The highest BCUT2D eigenvalue weighted by molar-refractivity contribution is 6.06. The number of ether oxygens (including phenoxy) is 4. The van der Waals surface area contributed by atoms with E-state index in [1.807, 2.05) is 6.92 Å². The van der Waals surface area contributed by atoms with Gasteiger partial charge in [-0.15, -0.1) is 0 Å². The fourth-order valence-electron chi connectivity index (χ4n) is 3.14. The van der Waals surface area contributed by atoms with Gasteiger partial charge in [-0.25, -0.2) is 0 Å². The molecule has 0 atom stereocenters. The third-order valence-corrected chi connectivity index (χ3v) is 4.51. The highest BCUT2D eigenvalue weighted by Crippen LogP contribution is 2.39. The van der Waals surface area contributed by atoms with Crippen molar-refractivity contribution < 1.29 is 28.5 Å². The molecule has 2 aromatic rings. The summed E-state index contributed by atoms with van der Waals surface area (Å²) >= 11 is 0. The first-order valence-electron chi connectivity index (χ1n) is 9.21. The van der Waals surface area contributed by atoms with Gasteiger partial charge >= 0.3 is 0 Å². The number of carbonyl (C=O) groups is 2. The molecule has 0 saturated heterocycles. The van der Waals surface area contributed by atoms with Crippen molar-refractivity contribution in [3.05, 3.63) is 48.0 Å². The van der Waals surface area contributed by atoms with E-state index in [0.29, 0.717) is 46.5 Å². The average molecular weight is 412 g/mol. The summed E-state index contributed by atoms with van der Waals surface area (Å²) in [6.07, 6.45) is 0. The molecular weight excluding hydrogens is 388 g/mol. The zero-order valence-electron chi connectivity index (χ0n) is 17.4. The monoisotopic (exact) mass is 412 g/mol. The van der Waals surface area contributed by atoms with Crippen molar-refractivity contribution in [1.29, 1.82) is 0 Å². The van der Waals surface area contributed by atoms with Gasteiger partial charge in [0.25, 0.3) is 11.8 Å². The zero-order chi connectivity index (χ0) is 21.8. The molecule has 0 aliphatic carbocycles. The lowest BCUT2D eigenvalue weighted by molar-refractivity contribution is -0.121. The maximum absolute atomic E-state index is 12.9. The van der Waals surface area contributed by atoms with Crippen LogP contribution in [0.15, 0.2) is 42.5 Å². The number of carbonyl (C=O) groups excluding carboxylic acids is 2. The number of methoxy groups -OCH3 is 3. The predicted octanol–water partition coefficient (Wildman–Crippen LogP) is 3.27. The second kappa shape index (κ2) is 8.77. The minimum atomic E-state index is -0.372. The molecular formula is C22H24N2O6. The van der Waals surface area contributed by atoms with Crippen LogP contribution in [0.4, 0.5) is 11.4 Å². The van der Waals surface area contributed by atoms with Gasteiger partial charge in [-0.2, -0.15) is 0 Å². The molecule has 0 radical (unpaired) electrons. The van der Waals surface area contributed by atoms with E-state index in [1.54, 1.807) is 35.2 Å². The lowest BCUT2D eigenvalue weighted by Crippen LogP contribution is -2.39. The molecule has 8 nitrogen and oxygen atoms in total. The van der Waals surface area contributed by atoms with Crippen LogP contribution in [0, 0.1) is 0 Å². The van der Waals surface area contributed by atoms with E-state index in [0.717, 1.165) is 5.57 Å². The summed E-state index contributed by atoms with van der Waals surface area (Å²) in [5.41, 5.74) is 2.26. The summed E-state index contributed by atoms with van der Waals surface area (Å²) in [5.74, 6) is 1.18. The Morgan fingerprint density at radius 2 is 1.80 bits per heavy atom. The van der Waals surface area contributed by atoms with Gasteiger partial charge in [0.15, 0.2) is 18.1 Å². The van der Waals surface area contributed by atoms with Crippen LogP contribution >= 0.6 is 0 Å². The summed E-state index contributed by atoms with van der Waals surface area (Å²) in [6, 6.07) is 8.26. The quantitative estimate of drug-likeness (QED) is 0.703. The number of nitrogens with zero attached hydrogens (tertiary/aromatic N) is 1. The number of anilines is 2. The lowest BCUT2D eigenvalue weighted by atomic mass is 10.1. The second-order valence-corrected chi connectivity index (χ2v) is 6.78. The maximum atomic E-state index is 12.9. The molecule has 8 heteroatoms. The van der Waals surface area contributed by atoms with E-state index >= 15 is 0 Å². The van der Waals surface area contributed by atoms with Gasteiger partial charge in [0.2, 0.25) is 5.75 Å². The molecule has 1 heterocycles. The van der Waals surface area contributed by atoms with Gasteiger partial charge in [0, 0.05) is 17.8 Å². The lowest BCUT2D eigenvalue weighted by Gasteiger charge is -2.30. The molecule has 0 aromatic heterocycles. The van der Waals surface area contributed by atoms with E-state index in [2.05, 4.69) is 11.9 Å². The fourth-order valence-corrected chi connectivity index (χ4v) is 3.14. The molecule has 3 rings (SSSR count). The van der Waals surface area contributed by atoms with Crippen molar-refractivity contribution in [1.82, 2.24) is 0 Å². The summed E-state index contributed by atoms with van der Waals surface area (Å²) in [7, 11) is 4.46. The molecule has 0 fully saturated rings. The van der Waals surface area contributed by atoms with Crippen LogP contribution in [0.2, 0.25) is 0 Å². The highest BCUT2D eigenvalue weighted by Gasteiger charge is 2.26. The standard InChI is InChI=1S/C22H24N2O6/c1-13(2)11-24-16-10-15(6-7-17(16)30-12-20(24)25)23-22(26)14-8-18(27-3)21(29-5)19(9-14)28-4/h6-10H,1,11-12H2,2-5H3,(H,23,26). The van der Waals surface area contributed by atoms with Crippen molar-refractivity contribution in [2.45, 2.75) is 6.92 Å². The predicted molar refractivity (Wildman–Crippen MR) is 113 cm³/mol. The van der Waals surface area contributed by atoms with E-state index in [-0.39, 0.29) is 18.4 Å². The minimum Gasteiger partial charge on any atom is -0.493 e. The van der Waals surface area contributed by atoms with Crippen LogP contribution < -0.4 is 29.2 Å². The summed E-state index contributed by atoms with van der Waals surface area (Å²) in [5, 5.41) is 2.83. The first-order chi connectivity index (χ1) is 14.4. The van der Waals surface area contributed by atoms with Gasteiger partial charge < -0.3 is 29.2 Å². The van der Waals surface area contributed by atoms with E-state index in [4.69, 9.17) is 18.9 Å². The third-order valence-electron chi connectivity index (χ3n) is 4.51. The van der Waals surface area contributed by atoms with Crippen molar-refractivity contribution in [2.75, 3.05) is 44.7 Å². The molecule has 1 N–H and O–H groups in total. The van der Waals surface area contributed by atoms with Crippen molar-refractivity contribution in [2.24, 2.45) is 0 Å². The van der Waals surface area contributed by atoms with Crippen LogP contribution in [0.5, 0.6) is 23.0 Å². The molecule has 2 aromatic carbocycles. The summed E-state index contributed by atoms with van der Waals surface area (Å²) in [6.45, 7) is 6.07. The largest absolute Gasteiger partial charge is 0.493 e. The number of benzene rings is 2. The SMILES string of the molecule is C=C(C)CN1C(=O)COc2ccc(NC(=O)c3cc(OC)c(OC)c(OC)c3)cc21. The number of hydrogen-bond donors (Lipinski definition) is 1. The fraction of sp³-hybridized carbons (Fsp3) is 0.273. The van der Waals surface area contributed by atoms with Crippen LogP contribution in [0.1, 0.15) is 17.3 Å². The van der Waals surface area contributed by atoms with Gasteiger partial charge in [0.05, 0.1) is 27.0 Å². The van der Waals surface area contributed by atoms with Gasteiger partial charge in [-0.1, -0.05) is 12.2 Å². The highest BCUT2D eigenvalue weighted by atomic mass is 16.5. The maximum Gasteiger partial charge on any atom is 0.265 e. The molecule has 0 saturated carbocycles. The molecule has 0 spiro atoms. The van der Waals surface area contributed by atoms with E-state index in [1.165, 1.54) is 21.3 Å². The molecule has 0 bridgehead atoms. The van der Waals surface area contributed by atoms with E-state index < -0.39 is 0 Å². The second-order valence-electron chi connectivity index (χ2n) is 6.78. The van der Waals surface area contributed by atoms with Crippen LogP contribution in [-0.4, -0.2) is 46.3 Å². The van der Waals surface area contributed by atoms with Crippen LogP contribution in [-0.2, 0) is 4.79 Å². The van der Waals surface area contributed by atoms with Crippen molar-refractivity contribution in [3.63, 3.8) is 0 Å². The number of fused-ring (bicyclic) bond motifs is 1. The van der Waals surface area contributed by atoms with Crippen molar-refractivity contribution in [3.8, 4) is 23.0 Å². The minimum absolute atomic E-state index is 0.0303. The number of nitrogens with one attached hydrogen (secondary N) is 1. The zero-order valence-corrected chi connectivity index (χ0v) is 17.4. The van der Waals surface area contributed by atoms with Gasteiger partial charge in [0.1, 0.15) is 5.75 Å².